The van der Waals surface area contributed by atoms with E-state index in [0.717, 1.165) is 12.1 Å². The quantitative estimate of drug-likeness (QED) is 0.847. The normalized spacial score (nSPS) is 14.3. The van der Waals surface area contributed by atoms with E-state index in [1.807, 2.05) is 20.8 Å². The van der Waals surface area contributed by atoms with Crippen LogP contribution in [0.5, 0.6) is 0 Å². The summed E-state index contributed by atoms with van der Waals surface area (Å²) < 4.78 is 43.4. The zero-order valence-corrected chi connectivity index (χ0v) is 12.1. The molecule has 1 aromatic carbocycles. The van der Waals surface area contributed by atoms with Gasteiger partial charge in [0.2, 0.25) is 0 Å². The van der Waals surface area contributed by atoms with E-state index >= 15 is 0 Å². The summed E-state index contributed by atoms with van der Waals surface area (Å²) in [5.41, 5.74) is 5.70. The maximum absolute atomic E-state index is 12.6. The van der Waals surface area contributed by atoms with Crippen LogP contribution in [0.2, 0.25) is 0 Å². The molecule has 1 aromatic rings. The van der Waals surface area contributed by atoms with Crippen molar-refractivity contribution in [1.82, 2.24) is 0 Å². The largest absolute Gasteiger partial charge is 0.416 e. The summed E-state index contributed by atoms with van der Waals surface area (Å²) in [7, 11) is 0. The molecule has 0 bridgehead atoms. The van der Waals surface area contributed by atoms with Crippen LogP contribution in [0.4, 0.5) is 13.2 Å². The Bertz CT molecular complexity index is 410. The molecule has 0 radical (unpaired) electrons. The number of hydrogen-bond donors (Lipinski definition) is 1. The third kappa shape index (κ3) is 3.52. The molecule has 20 heavy (non-hydrogen) atoms. The summed E-state index contributed by atoms with van der Waals surface area (Å²) in [6, 6.07) is 4.56. The first kappa shape index (κ1) is 17.0. The van der Waals surface area contributed by atoms with E-state index < -0.39 is 23.4 Å². The summed E-state index contributed by atoms with van der Waals surface area (Å²) >= 11 is 0. The Hall–Kier alpha value is -1.07. The van der Waals surface area contributed by atoms with Crippen molar-refractivity contribution in [3.8, 4) is 0 Å². The monoisotopic (exact) mass is 289 g/mol. The van der Waals surface area contributed by atoms with Gasteiger partial charge in [0, 0.05) is 6.61 Å². The minimum absolute atomic E-state index is 0.445. The van der Waals surface area contributed by atoms with Gasteiger partial charge >= 0.3 is 6.18 Å². The van der Waals surface area contributed by atoms with Crippen molar-refractivity contribution in [2.75, 3.05) is 6.61 Å². The zero-order valence-electron chi connectivity index (χ0n) is 12.1. The predicted molar refractivity (Wildman–Crippen MR) is 73.3 cm³/mol. The first-order chi connectivity index (χ1) is 9.30. The lowest BCUT2D eigenvalue weighted by Crippen LogP contribution is -2.43. The van der Waals surface area contributed by atoms with Crippen LogP contribution >= 0.6 is 0 Å². The maximum atomic E-state index is 12.6. The average Bonchev–Trinajstić information content (AvgIpc) is 2.43. The highest BCUT2D eigenvalue weighted by atomic mass is 19.4. The fraction of sp³-hybridized carbons (Fsp3) is 0.600. The number of nitrogens with two attached hydrogens (primary N) is 1. The molecule has 0 saturated carbocycles. The molecule has 1 unspecified atom stereocenters. The summed E-state index contributed by atoms with van der Waals surface area (Å²) in [5.74, 6) is 0. The van der Waals surface area contributed by atoms with E-state index in [2.05, 4.69) is 0 Å². The van der Waals surface area contributed by atoms with Crippen molar-refractivity contribution in [3.05, 3.63) is 35.4 Å². The lowest BCUT2D eigenvalue weighted by Gasteiger charge is -2.37. The second-order valence-electron chi connectivity index (χ2n) is 4.80. The van der Waals surface area contributed by atoms with Gasteiger partial charge in [-0.3, -0.25) is 0 Å². The molecular formula is C15H22F3NO. The first-order valence-electron chi connectivity index (χ1n) is 6.87. The smallest absolute Gasteiger partial charge is 0.373 e. The molecule has 5 heteroatoms. The minimum atomic E-state index is -4.32. The van der Waals surface area contributed by atoms with Crippen molar-refractivity contribution in [1.29, 1.82) is 0 Å². The molecule has 0 amide bonds. The Balaban J connectivity index is 3.04. The second kappa shape index (κ2) is 6.59. The average molecular weight is 289 g/mol. The van der Waals surface area contributed by atoms with Gasteiger partial charge < -0.3 is 10.5 Å². The molecular weight excluding hydrogens is 267 g/mol. The Kier molecular flexibility index (Phi) is 5.59. The highest BCUT2D eigenvalue weighted by molar-refractivity contribution is 5.28. The zero-order chi connectivity index (χ0) is 15.4. The van der Waals surface area contributed by atoms with Crippen LogP contribution in [0.3, 0.4) is 0 Å². The fourth-order valence-electron chi connectivity index (χ4n) is 2.45. The van der Waals surface area contributed by atoms with Crippen LogP contribution in [0.15, 0.2) is 24.3 Å². The van der Waals surface area contributed by atoms with Gasteiger partial charge in [0.15, 0.2) is 0 Å². The molecule has 0 aliphatic heterocycles. The number of ether oxygens (including phenoxy) is 1. The SMILES string of the molecule is CCOC(CC)(CC)C(N)c1ccc(C(F)(F)F)cc1. The summed E-state index contributed by atoms with van der Waals surface area (Å²) in [6.07, 6.45) is -2.91. The maximum Gasteiger partial charge on any atom is 0.416 e. The Labute approximate surface area is 118 Å². The Morgan fingerprint density at radius 1 is 1.05 bits per heavy atom. The first-order valence-corrected chi connectivity index (χ1v) is 6.87. The number of alkyl halides is 3. The highest BCUT2D eigenvalue weighted by Crippen LogP contribution is 2.35. The number of halogens is 3. The number of rotatable bonds is 6. The summed E-state index contributed by atoms with van der Waals surface area (Å²) in [4.78, 5) is 0. The molecule has 0 aromatic heterocycles. The molecule has 2 N–H and O–H groups in total. The van der Waals surface area contributed by atoms with Crippen molar-refractivity contribution in [3.63, 3.8) is 0 Å². The van der Waals surface area contributed by atoms with Gasteiger partial charge in [-0.1, -0.05) is 26.0 Å². The number of hydrogen-bond acceptors (Lipinski definition) is 2. The van der Waals surface area contributed by atoms with Crippen molar-refractivity contribution in [2.24, 2.45) is 5.73 Å². The molecule has 114 valence electrons. The Morgan fingerprint density at radius 2 is 1.55 bits per heavy atom. The molecule has 0 saturated heterocycles. The molecule has 0 aliphatic carbocycles. The van der Waals surface area contributed by atoms with Gasteiger partial charge in [-0.25, -0.2) is 0 Å². The second-order valence-corrected chi connectivity index (χ2v) is 4.80. The third-order valence-corrected chi connectivity index (χ3v) is 3.79. The minimum Gasteiger partial charge on any atom is -0.373 e. The van der Waals surface area contributed by atoms with E-state index in [1.165, 1.54) is 12.1 Å². The van der Waals surface area contributed by atoms with Gasteiger partial charge in [-0.05, 0) is 37.5 Å². The molecule has 1 atom stereocenters. The van der Waals surface area contributed by atoms with Crippen molar-refractivity contribution in [2.45, 2.75) is 51.4 Å². The van der Waals surface area contributed by atoms with Gasteiger partial charge in [0.25, 0.3) is 0 Å². The number of benzene rings is 1. The molecule has 0 heterocycles. The van der Waals surface area contributed by atoms with Crippen molar-refractivity contribution < 1.29 is 17.9 Å². The topological polar surface area (TPSA) is 35.2 Å². The Morgan fingerprint density at radius 3 is 1.90 bits per heavy atom. The van der Waals surface area contributed by atoms with Crippen LogP contribution in [0.1, 0.15) is 50.8 Å². The van der Waals surface area contributed by atoms with Crippen LogP contribution in [0.25, 0.3) is 0 Å². The van der Waals surface area contributed by atoms with E-state index in [-0.39, 0.29) is 0 Å². The van der Waals surface area contributed by atoms with Gasteiger partial charge in [0.1, 0.15) is 0 Å². The molecule has 2 nitrogen and oxygen atoms in total. The van der Waals surface area contributed by atoms with E-state index in [0.29, 0.717) is 25.0 Å². The standard InChI is InChI=1S/C15H22F3NO/c1-4-14(5-2,20-6-3)13(19)11-7-9-12(10-8-11)15(16,17)18/h7-10,13H,4-6,19H2,1-3H3. The molecule has 0 fully saturated rings. The van der Waals surface area contributed by atoms with E-state index in [1.54, 1.807) is 0 Å². The fourth-order valence-corrected chi connectivity index (χ4v) is 2.45. The predicted octanol–water partition coefficient (Wildman–Crippen LogP) is 4.30. The van der Waals surface area contributed by atoms with Gasteiger partial charge in [-0.15, -0.1) is 0 Å². The van der Waals surface area contributed by atoms with E-state index in [9.17, 15) is 13.2 Å². The van der Waals surface area contributed by atoms with Gasteiger partial charge in [0.05, 0.1) is 17.2 Å². The summed E-state index contributed by atoms with van der Waals surface area (Å²) in [6.45, 7) is 6.36. The highest BCUT2D eigenvalue weighted by Gasteiger charge is 2.36. The lowest BCUT2D eigenvalue weighted by molar-refractivity contribution is -0.137. The molecule has 0 aliphatic rings. The van der Waals surface area contributed by atoms with E-state index in [4.69, 9.17) is 10.5 Å². The van der Waals surface area contributed by atoms with Gasteiger partial charge in [-0.2, -0.15) is 13.2 Å². The third-order valence-electron chi connectivity index (χ3n) is 3.79. The molecule has 0 spiro atoms. The lowest BCUT2D eigenvalue weighted by atomic mass is 9.84. The van der Waals surface area contributed by atoms with Crippen LogP contribution < -0.4 is 5.73 Å². The molecule has 1 rings (SSSR count). The van der Waals surface area contributed by atoms with Crippen LogP contribution in [-0.2, 0) is 10.9 Å². The van der Waals surface area contributed by atoms with Crippen LogP contribution in [0, 0.1) is 0 Å². The van der Waals surface area contributed by atoms with Crippen molar-refractivity contribution >= 4 is 0 Å². The van der Waals surface area contributed by atoms with Crippen LogP contribution in [-0.4, -0.2) is 12.2 Å². The summed E-state index contributed by atoms with van der Waals surface area (Å²) in [5, 5.41) is 0.